The molecule has 0 fully saturated rings. The van der Waals surface area contributed by atoms with Gasteiger partial charge in [-0.1, -0.05) is 29.8 Å². The minimum absolute atomic E-state index is 0.0901. The fourth-order valence-corrected chi connectivity index (χ4v) is 5.38. The highest BCUT2D eigenvalue weighted by Gasteiger charge is 2.20. The first-order valence-electron chi connectivity index (χ1n) is 6.38. The second-order valence-corrected chi connectivity index (χ2v) is 8.11. The normalized spacial score (nSPS) is 11.5. The topological polar surface area (TPSA) is 57.9 Å². The van der Waals surface area contributed by atoms with Crippen molar-refractivity contribution in [2.24, 2.45) is 0 Å². The van der Waals surface area contributed by atoms with E-state index in [2.05, 4.69) is 0 Å². The van der Waals surface area contributed by atoms with E-state index in [9.17, 15) is 8.42 Å². The average Bonchev–Trinajstić information content (AvgIpc) is 2.91. The van der Waals surface area contributed by atoms with E-state index in [0.29, 0.717) is 26.4 Å². The smallest absolute Gasteiger partial charge is 0.183 e. The largest absolute Gasteiger partial charge is 0.223 e. The molecule has 3 nitrogen and oxygen atoms in total. The molecular weight excluding hydrogens is 338 g/mol. The molecule has 0 spiro atoms. The standard InChI is InChI=1S/C16H10ClNO2S2/c17-13-5-6-14-15(7-13)21-9-16(14)22(19,20)10-12-3-1-11(8-18)2-4-12/h1-7,9H,10H2. The van der Waals surface area contributed by atoms with E-state index in [-0.39, 0.29) is 5.75 Å². The van der Waals surface area contributed by atoms with E-state index in [0.717, 1.165) is 4.70 Å². The molecule has 0 radical (unpaired) electrons. The second-order valence-electron chi connectivity index (χ2n) is 4.81. The molecule has 1 heterocycles. The Morgan fingerprint density at radius 2 is 1.86 bits per heavy atom. The summed E-state index contributed by atoms with van der Waals surface area (Å²) in [5.41, 5.74) is 1.17. The van der Waals surface area contributed by atoms with Crippen molar-refractivity contribution in [2.45, 2.75) is 10.6 Å². The third kappa shape index (κ3) is 2.86. The summed E-state index contributed by atoms with van der Waals surface area (Å²) < 4.78 is 26.1. The van der Waals surface area contributed by atoms with Gasteiger partial charge < -0.3 is 0 Å². The van der Waals surface area contributed by atoms with Gasteiger partial charge in [0, 0.05) is 20.5 Å². The van der Waals surface area contributed by atoms with E-state index >= 15 is 0 Å². The number of rotatable bonds is 3. The lowest BCUT2D eigenvalue weighted by atomic mass is 10.2. The van der Waals surface area contributed by atoms with Crippen LogP contribution in [0.1, 0.15) is 11.1 Å². The van der Waals surface area contributed by atoms with Gasteiger partial charge in [-0.2, -0.15) is 5.26 Å². The number of sulfone groups is 1. The van der Waals surface area contributed by atoms with Gasteiger partial charge in [-0.05, 0) is 29.8 Å². The summed E-state index contributed by atoms with van der Waals surface area (Å²) in [6, 6.07) is 13.8. The Labute approximate surface area is 137 Å². The summed E-state index contributed by atoms with van der Waals surface area (Å²) >= 11 is 7.30. The van der Waals surface area contributed by atoms with Gasteiger partial charge in [0.25, 0.3) is 0 Å². The molecule has 0 aliphatic rings. The van der Waals surface area contributed by atoms with Crippen molar-refractivity contribution in [1.82, 2.24) is 0 Å². The van der Waals surface area contributed by atoms with Crippen LogP contribution in [0.15, 0.2) is 52.7 Å². The fraction of sp³-hybridized carbons (Fsp3) is 0.0625. The van der Waals surface area contributed by atoms with Crippen LogP contribution in [0.25, 0.3) is 10.1 Å². The predicted octanol–water partition coefficient (Wildman–Crippen LogP) is 4.40. The van der Waals surface area contributed by atoms with Crippen LogP contribution in [0.5, 0.6) is 0 Å². The van der Waals surface area contributed by atoms with Crippen LogP contribution < -0.4 is 0 Å². The number of fused-ring (bicyclic) bond motifs is 1. The lowest BCUT2D eigenvalue weighted by Crippen LogP contribution is -2.04. The van der Waals surface area contributed by atoms with Gasteiger partial charge in [-0.15, -0.1) is 11.3 Å². The van der Waals surface area contributed by atoms with Gasteiger partial charge in [-0.25, -0.2) is 8.42 Å². The quantitative estimate of drug-likeness (QED) is 0.705. The zero-order chi connectivity index (χ0) is 15.7. The number of nitrogens with zero attached hydrogens (tertiary/aromatic N) is 1. The third-order valence-corrected chi connectivity index (χ3v) is 6.33. The summed E-state index contributed by atoms with van der Waals surface area (Å²) in [7, 11) is -3.44. The molecule has 110 valence electrons. The van der Waals surface area contributed by atoms with Crippen LogP contribution in [-0.2, 0) is 15.6 Å². The van der Waals surface area contributed by atoms with E-state index in [1.807, 2.05) is 6.07 Å². The highest BCUT2D eigenvalue weighted by Crippen LogP contribution is 2.33. The molecule has 0 unspecified atom stereocenters. The fourth-order valence-electron chi connectivity index (χ4n) is 2.19. The third-order valence-electron chi connectivity index (χ3n) is 3.28. The number of nitriles is 1. The van der Waals surface area contributed by atoms with Crippen molar-refractivity contribution in [3.63, 3.8) is 0 Å². The Morgan fingerprint density at radius 1 is 1.14 bits per heavy atom. The Bertz CT molecular complexity index is 983. The van der Waals surface area contributed by atoms with Gasteiger partial charge in [-0.3, -0.25) is 0 Å². The van der Waals surface area contributed by atoms with Crippen molar-refractivity contribution in [2.75, 3.05) is 0 Å². The molecule has 0 amide bonds. The van der Waals surface area contributed by atoms with Crippen LogP contribution in [0.3, 0.4) is 0 Å². The molecule has 3 rings (SSSR count). The molecule has 0 N–H and O–H groups in total. The maximum Gasteiger partial charge on any atom is 0.183 e. The molecule has 0 saturated carbocycles. The lowest BCUT2D eigenvalue weighted by Gasteiger charge is -2.04. The number of benzene rings is 2. The highest BCUT2D eigenvalue weighted by atomic mass is 35.5. The summed E-state index contributed by atoms with van der Waals surface area (Å²) in [5.74, 6) is -0.0901. The summed E-state index contributed by atoms with van der Waals surface area (Å²) in [6.07, 6.45) is 0. The number of hydrogen-bond donors (Lipinski definition) is 0. The van der Waals surface area contributed by atoms with E-state index in [1.165, 1.54) is 11.3 Å². The van der Waals surface area contributed by atoms with Crippen molar-refractivity contribution in [3.8, 4) is 6.07 Å². The van der Waals surface area contributed by atoms with E-state index in [1.54, 1.807) is 47.8 Å². The molecule has 0 atom stereocenters. The van der Waals surface area contributed by atoms with Crippen LogP contribution in [-0.4, -0.2) is 8.42 Å². The summed E-state index contributed by atoms with van der Waals surface area (Å²) in [5, 5.41) is 11.7. The molecule has 3 aromatic rings. The maximum atomic E-state index is 12.6. The first-order chi connectivity index (χ1) is 10.5. The van der Waals surface area contributed by atoms with Crippen LogP contribution >= 0.6 is 22.9 Å². The number of hydrogen-bond acceptors (Lipinski definition) is 4. The lowest BCUT2D eigenvalue weighted by molar-refractivity contribution is 0.596. The van der Waals surface area contributed by atoms with Crippen molar-refractivity contribution < 1.29 is 8.42 Å². The highest BCUT2D eigenvalue weighted by molar-refractivity contribution is 7.91. The van der Waals surface area contributed by atoms with Crippen molar-refractivity contribution in [3.05, 3.63) is 64.0 Å². The van der Waals surface area contributed by atoms with Gasteiger partial charge in [0.1, 0.15) is 0 Å². The van der Waals surface area contributed by atoms with Crippen LogP contribution in [0.4, 0.5) is 0 Å². The molecule has 6 heteroatoms. The SMILES string of the molecule is N#Cc1ccc(CS(=O)(=O)c2csc3cc(Cl)ccc23)cc1. The molecule has 0 aliphatic carbocycles. The average molecular weight is 348 g/mol. The van der Waals surface area contributed by atoms with Gasteiger partial charge in [0.15, 0.2) is 9.84 Å². The summed E-state index contributed by atoms with van der Waals surface area (Å²) in [6.45, 7) is 0. The van der Waals surface area contributed by atoms with Gasteiger partial charge >= 0.3 is 0 Å². The second kappa shape index (κ2) is 5.73. The number of thiophene rings is 1. The van der Waals surface area contributed by atoms with E-state index < -0.39 is 9.84 Å². The number of halogens is 1. The molecule has 0 aliphatic heterocycles. The summed E-state index contributed by atoms with van der Waals surface area (Å²) in [4.78, 5) is 0.327. The predicted molar refractivity (Wildman–Crippen MR) is 88.9 cm³/mol. The molecule has 0 saturated heterocycles. The van der Waals surface area contributed by atoms with Crippen LogP contribution in [0.2, 0.25) is 5.02 Å². The molecule has 22 heavy (non-hydrogen) atoms. The monoisotopic (exact) mass is 347 g/mol. The molecule has 0 bridgehead atoms. The van der Waals surface area contributed by atoms with Gasteiger partial charge in [0.05, 0.1) is 22.3 Å². The first-order valence-corrected chi connectivity index (χ1v) is 9.29. The Kier molecular flexibility index (Phi) is 3.92. The van der Waals surface area contributed by atoms with Gasteiger partial charge in [0.2, 0.25) is 0 Å². The van der Waals surface area contributed by atoms with E-state index in [4.69, 9.17) is 16.9 Å². The van der Waals surface area contributed by atoms with Crippen LogP contribution in [0, 0.1) is 11.3 Å². The Morgan fingerprint density at radius 3 is 2.55 bits per heavy atom. The molecular formula is C16H10ClNO2S2. The van der Waals surface area contributed by atoms with Crippen molar-refractivity contribution >= 4 is 42.9 Å². The molecule has 1 aromatic heterocycles. The zero-order valence-corrected chi connectivity index (χ0v) is 13.7. The Hall–Kier alpha value is -1.87. The Balaban J connectivity index is 1.99. The first kappa shape index (κ1) is 15.0. The van der Waals surface area contributed by atoms with Crippen molar-refractivity contribution in [1.29, 1.82) is 5.26 Å². The minimum Gasteiger partial charge on any atom is -0.223 e. The minimum atomic E-state index is -3.44. The zero-order valence-electron chi connectivity index (χ0n) is 11.3. The maximum absolute atomic E-state index is 12.6. The molecule has 2 aromatic carbocycles.